The molecule has 0 aromatic carbocycles. The number of hydrogen-bond acceptors (Lipinski definition) is 9. The Morgan fingerprint density at radius 2 is 2.19 bits per heavy atom. The molecule has 0 fully saturated rings. The molecule has 3 rings (SSSR count). The summed E-state index contributed by atoms with van der Waals surface area (Å²) in [4.78, 5) is 20.1. The van der Waals surface area contributed by atoms with Crippen molar-refractivity contribution in [1.82, 2.24) is 39.9 Å². The summed E-state index contributed by atoms with van der Waals surface area (Å²) in [6.45, 7) is 2.27. The molecule has 10 nitrogen and oxygen atoms in total. The van der Waals surface area contributed by atoms with E-state index in [1.807, 2.05) is 0 Å². The van der Waals surface area contributed by atoms with Crippen molar-refractivity contribution in [3.63, 3.8) is 0 Å². The summed E-state index contributed by atoms with van der Waals surface area (Å²) in [5.74, 6) is 1.75. The second kappa shape index (κ2) is 5.79. The van der Waals surface area contributed by atoms with Crippen molar-refractivity contribution in [2.75, 3.05) is 11.9 Å². The second-order valence-corrected chi connectivity index (χ2v) is 4.32. The van der Waals surface area contributed by atoms with E-state index in [0.717, 1.165) is 0 Å². The molecule has 0 unspecified atom stereocenters. The van der Waals surface area contributed by atoms with Gasteiger partial charge in [0.25, 0.3) is 5.95 Å². The van der Waals surface area contributed by atoms with Crippen molar-refractivity contribution < 1.29 is 4.52 Å². The van der Waals surface area contributed by atoms with Crippen molar-refractivity contribution in [3.05, 3.63) is 29.7 Å². The molecule has 0 saturated carbocycles. The molecule has 0 radical (unpaired) electrons. The van der Waals surface area contributed by atoms with Crippen molar-refractivity contribution in [2.24, 2.45) is 0 Å². The number of nitrogens with one attached hydrogen (secondary N) is 1. The number of nitrogens with zero attached hydrogens (tertiary/aromatic N) is 8. The number of anilines is 1. The fourth-order valence-electron chi connectivity index (χ4n) is 1.56. The van der Waals surface area contributed by atoms with Crippen LogP contribution in [0.4, 0.5) is 5.95 Å². The van der Waals surface area contributed by atoms with E-state index >= 15 is 0 Å². The zero-order valence-corrected chi connectivity index (χ0v) is 11.7. The zero-order valence-electron chi connectivity index (χ0n) is 10.9. The highest BCUT2D eigenvalue weighted by Crippen LogP contribution is 2.08. The molecule has 0 amide bonds. The summed E-state index contributed by atoms with van der Waals surface area (Å²) < 4.78 is 6.39. The quantitative estimate of drug-likeness (QED) is 0.716. The van der Waals surface area contributed by atoms with E-state index < -0.39 is 0 Å². The van der Waals surface area contributed by atoms with Crippen LogP contribution in [-0.4, -0.2) is 46.4 Å². The summed E-state index contributed by atoms with van der Waals surface area (Å²) in [5.41, 5.74) is 0. The standard InChI is InChI=1S/C10H10ClN9O/c1-6-15-7(21-19-6)2-3-13-9-16-8(11)17-10(18-9)20-5-12-4-14-20/h4-5H,2-3H2,1H3,(H,13,16,17,18). The van der Waals surface area contributed by atoms with Crippen molar-refractivity contribution >= 4 is 17.5 Å². The molecule has 0 aliphatic heterocycles. The molecule has 3 aromatic rings. The van der Waals surface area contributed by atoms with Crippen LogP contribution in [0.3, 0.4) is 0 Å². The first-order chi connectivity index (χ1) is 10.2. The topological polar surface area (TPSA) is 120 Å². The Balaban J connectivity index is 1.68. The SMILES string of the molecule is Cc1noc(CCNc2nc(Cl)nc(-n3cncn3)n2)n1. The van der Waals surface area contributed by atoms with Crippen LogP contribution in [0.5, 0.6) is 0 Å². The summed E-state index contributed by atoms with van der Waals surface area (Å²) in [6, 6.07) is 0. The van der Waals surface area contributed by atoms with Gasteiger partial charge in [-0.15, -0.1) is 0 Å². The monoisotopic (exact) mass is 307 g/mol. The predicted octanol–water partition coefficient (Wildman–Crippen LogP) is 0.452. The summed E-state index contributed by atoms with van der Waals surface area (Å²) in [6.07, 6.45) is 3.39. The Morgan fingerprint density at radius 3 is 2.90 bits per heavy atom. The molecular weight excluding hydrogens is 298 g/mol. The Morgan fingerprint density at radius 1 is 1.29 bits per heavy atom. The average Bonchev–Trinajstić information content (AvgIpc) is 3.10. The molecule has 11 heteroatoms. The number of aryl methyl sites for hydroxylation is 1. The Hall–Kier alpha value is -2.62. The Kier molecular flexibility index (Phi) is 3.69. The third kappa shape index (κ3) is 3.28. The molecule has 3 heterocycles. The molecule has 0 atom stereocenters. The third-order valence-corrected chi connectivity index (χ3v) is 2.58. The smallest absolute Gasteiger partial charge is 0.258 e. The van der Waals surface area contributed by atoms with Gasteiger partial charge in [0.2, 0.25) is 17.1 Å². The molecule has 0 bridgehead atoms. The van der Waals surface area contributed by atoms with Crippen LogP contribution in [0.15, 0.2) is 17.2 Å². The van der Waals surface area contributed by atoms with E-state index in [0.29, 0.717) is 30.6 Å². The minimum absolute atomic E-state index is 0.0617. The van der Waals surface area contributed by atoms with Gasteiger partial charge in [-0.1, -0.05) is 5.16 Å². The summed E-state index contributed by atoms with van der Waals surface area (Å²) >= 11 is 5.86. The van der Waals surface area contributed by atoms with Gasteiger partial charge in [0.1, 0.15) is 12.7 Å². The van der Waals surface area contributed by atoms with Crippen LogP contribution in [0.1, 0.15) is 11.7 Å². The maximum Gasteiger partial charge on any atom is 0.258 e. The number of rotatable bonds is 5. The minimum atomic E-state index is 0.0617. The van der Waals surface area contributed by atoms with Crippen LogP contribution in [-0.2, 0) is 6.42 Å². The van der Waals surface area contributed by atoms with Crippen LogP contribution in [0, 0.1) is 6.92 Å². The molecule has 0 spiro atoms. The highest BCUT2D eigenvalue weighted by molar-refractivity contribution is 6.28. The molecule has 0 aliphatic carbocycles. The predicted molar refractivity (Wildman–Crippen MR) is 71.0 cm³/mol. The van der Waals surface area contributed by atoms with Gasteiger partial charge in [-0.05, 0) is 18.5 Å². The van der Waals surface area contributed by atoms with Gasteiger partial charge in [-0.25, -0.2) is 4.98 Å². The fourth-order valence-corrected chi connectivity index (χ4v) is 1.71. The lowest BCUT2D eigenvalue weighted by Crippen LogP contribution is -2.11. The van der Waals surface area contributed by atoms with Crippen LogP contribution in [0.2, 0.25) is 5.28 Å². The maximum absolute atomic E-state index is 5.86. The molecular formula is C10H10ClN9O. The molecule has 0 aliphatic rings. The van der Waals surface area contributed by atoms with Gasteiger partial charge in [0, 0.05) is 13.0 Å². The van der Waals surface area contributed by atoms with Gasteiger partial charge in [0.15, 0.2) is 5.82 Å². The minimum Gasteiger partial charge on any atom is -0.354 e. The van der Waals surface area contributed by atoms with Crippen molar-refractivity contribution in [3.8, 4) is 5.95 Å². The zero-order chi connectivity index (χ0) is 14.7. The average molecular weight is 308 g/mol. The van der Waals surface area contributed by atoms with Gasteiger partial charge in [-0.3, -0.25) is 0 Å². The van der Waals surface area contributed by atoms with Gasteiger partial charge >= 0.3 is 0 Å². The van der Waals surface area contributed by atoms with Gasteiger partial charge < -0.3 is 9.84 Å². The van der Waals surface area contributed by atoms with E-state index in [9.17, 15) is 0 Å². The van der Waals surface area contributed by atoms with Crippen LogP contribution < -0.4 is 5.32 Å². The number of aromatic nitrogens is 8. The molecule has 108 valence electrons. The highest BCUT2D eigenvalue weighted by atomic mass is 35.5. The molecule has 3 aromatic heterocycles. The van der Waals surface area contributed by atoms with Crippen LogP contribution >= 0.6 is 11.6 Å². The molecule has 1 N–H and O–H groups in total. The van der Waals surface area contributed by atoms with E-state index in [1.54, 1.807) is 6.92 Å². The summed E-state index contributed by atoms with van der Waals surface area (Å²) in [7, 11) is 0. The van der Waals surface area contributed by atoms with Gasteiger partial charge in [0.05, 0.1) is 0 Å². The first-order valence-corrected chi connectivity index (χ1v) is 6.38. The molecule has 21 heavy (non-hydrogen) atoms. The van der Waals surface area contributed by atoms with Crippen LogP contribution in [0.25, 0.3) is 5.95 Å². The summed E-state index contributed by atoms with van der Waals surface area (Å²) in [5, 5.41) is 10.7. The van der Waals surface area contributed by atoms with E-state index in [4.69, 9.17) is 16.1 Å². The Labute approximate surface area is 123 Å². The lowest BCUT2D eigenvalue weighted by atomic mass is 10.4. The Bertz CT molecular complexity index is 726. The number of halogens is 1. The maximum atomic E-state index is 5.86. The van der Waals surface area contributed by atoms with Gasteiger partial charge in [-0.2, -0.15) is 29.7 Å². The van der Waals surface area contributed by atoms with Crippen molar-refractivity contribution in [2.45, 2.75) is 13.3 Å². The third-order valence-electron chi connectivity index (χ3n) is 2.41. The first kappa shape index (κ1) is 13.4. The van der Waals surface area contributed by atoms with E-state index in [2.05, 4.69) is 40.5 Å². The normalized spacial score (nSPS) is 10.8. The first-order valence-electron chi connectivity index (χ1n) is 6.00. The highest BCUT2D eigenvalue weighted by Gasteiger charge is 2.08. The fraction of sp³-hybridized carbons (Fsp3) is 0.300. The van der Waals surface area contributed by atoms with Crippen molar-refractivity contribution in [1.29, 1.82) is 0 Å². The number of hydrogen-bond donors (Lipinski definition) is 1. The molecule has 0 saturated heterocycles. The largest absolute Gasteiger partial charge is 0.354 e. The van der Waals surface area contributed by atoms with E-state index in [1.165, 1.54) is 17.3 Å². The van der Waals surface area contributed by atoms with E-state index in [-0.39, 0.29) is 11.2 Å². The second-order valence-electron chi connectivity index (χ2n) is 3.98. The lowest BCUT2D eigenvalue weighted by Gasteiger charge is -2.05. The lowest BCUT2D eigenvalue weighted by molar-refractivity contribution is 0.377.